The minimum Gasteiger partial charge on any atom is -0.484 e. The number of carbonyl (C=O) groups excluding carboxylic acids is 1. The van der Waals surface area contributed by atoms with E-state index in [1.165, 1.54) is 6.07 Å². The minimum atomic E-state index is -1.07. The molecule has 0 saturated carbocycles. The Morgan fingerprint density at radius 1 is 1.00 bits per heavy atom. The zero-order chi connectivity index (χ0) is 16.7. The third kappa shape index (κ3) is 5.88. The van der Waals surface area contributed by atoms with Crippen LogP contribution in [0.4, 0.5) is 5.69 Å². The van der Waals surface area contributed by atoms with Crippen molar-refractivity contribution in [2.75, 3.05) is 18.5 Å². The number of anilines is 1. The molecule has 2 N–H and O–H groups in total. The molecule has 0 bridgehead atoms. The molecule has 1 amide bonds. The number of nitrogens with one attached hydrogen (secondary N) is 1. The Kier molecular flexibility index (Phi) is 5.82. The lowest BCUT2D eigenvalue weighted by Gasteiger charge is -2.09. The zero-order valence-electron chi connectivity index (χ0n) is 12.0. The Labute approximate surface area is 137 Å². The fraction of sp³-hybridized carbons (Fsp3) is 0.125. The summed E-state index contributed by atoms with van der Waals surface area (Å²) in [4.78, 5) is 22.3. The average Bonchev–Trinajstić information content (AvgIpc) is 2.53. The summed E-state index contributed by atoms with van der Waals surface area (Å²) < 4.78 is 10.4. The van der Waals surface area contributed by atoms with E-state index in [4.69, 9.17) is 26.2 Å². The van der Waals surface area contributed by atoms with Crippen LogP contribution in [-0.4, -0.2) is 30.2 Å². The van der Waals surface area contributed by atoms with Crippen LogP contribution in [0.2, 0.25) is 5.02 Å². The molecule has 2 aromatic rings. The second-order valence-corrected chi connectivity index (χ2v) is 4.94. The highest BCUT2D eigenvalue weighted by Crippen LogP contribution is 2.18. The van der Waals surface area contributed by atoms with Gasteiger partial charge in [0.05, 0.1) is 0 Å². The van der Waals surface area contributed by atoms with E-state index in [0.717, 1.165) is 0 Å². The predicted molar refractivity (Wildman–Crippen MR) is 85.1 cm³/mol. The molecular formula is C16H14ClNO5. The molecule has 0 aromatic heterocycles. The van der Waals surface area contributed by atoms with Gasteiger partial charge < -0.3 is 19.9 Å². The SMILES string of the molecule is O=C(O)COc1cccc(NC(=O)COc2ccc(Cl)cc2)c1. The molecule has 0 unspecified atom stereocenters. The first kappa shape index (κ1) is 16.6. The summed E-state index contributed by atoms with van der Waals surface area (Å²) in [7, 11) is 0. The predicted octanol–water partition coefficient (Wildman–Crippen LogP) is 2.82. The van der Waals surface area contributed by atoms with E-state index in [2.05, 4.69) is 5.32 Å². The molecule has 0 aliphatic heterocycles. The van der Waals surface area contributed by atoms with Crippen LogP contribution in [0.25, 0.3) is 0 Å². The lowest BCUT2D eigenvalue weighted by molar-refractivity contribution is -0.139. The monoisotopic (exact) mass is 335 g/mol. The van der Waals surface area contributed by atoms with Gasteiger partial charge in [0.1, 0.15) is 11.5 Å². The van der Waals surface area contributed by atoms with Crippen molar-refractivity contribution < 1.29 is 24.2 Å². The van der Waals surface area contributed by atoms with Gasteiger partial charge in [0.15, 0.2) is 13.2 Å². The zero-order valence-corrected chi connectivity index (χ0v) is 12.7. The molecule has 120 valence electrons. The number of amides is 1. The minimum absolute atomic E-state index is 0.165. The molecule has 0 fully saturated rings. The van der Waals surface area contributed by atoms with Gasteiger partial charge in [0, 0.05) is 16.8 Å². The molecule has 0 atom stereocenters. The quantitative estimate of drug-likeness (QED) is 0.812. The van der Waals surface area contributed by atoms with Gasteiger partial charge in [0.25, 0.3) is 5.91 Å². The smallest absolute Gasteiger partial charge is 0.341 e. The van der Waals surface area contributed by atoms with Crippen molar-refractivity contribution in [1.29, 1.82) is 0 Å². The Bertz CT molecular complexity index is 687. The van der Waals surface area contributed by atoms with Crippen LogP contribution in [0.1, 0.15) is 0 Å². The van der Waals surface area contributed by atoms with Crippen molar-refractivity contribution >= 4 is 29.2 Å². The summed E-state index contributed by atoms with van der Waals surface area (Å²) in [5, 5.41) is 11.8. The van der Waals surface area contributed by atoms with Crippen LogP contribution in [0.5, 0.6) is 11.5 Å². The highest BCUT2D eigenvalue weighted by atomic mass is 35.5. The summed E-state index contributed by atoms with van der Waals surface area (Å²) in [6, 6.07) is 13.1. The van der Waals surface area contributed by atoms with E-state index in [1.54, 1.807) is 42.5 Å². The van der Waals surface area contributed by atoms with Crippen molar-refractivity contribution in [2.24, 2.45) is 0 Å². The van der Waals surface area contributed by atoms with E-state index >= 15 is 0 Å². The maximum absolute atomic E-state index is 11.8. The highest BCUT2D eigenvalue weighted by molar-refractivity contribution is 6.30. The van der Waals surface area contributed by atoms with Crippen LogP contribution in [0.3, 0.4) is 0 Å². The van der Waals surface area contributed by atoms with Crippen LogP contribution >= 0.6 is 11.6 Å². The summed E-state index contributed by atoms with van der Waals surface area (Å²) in [6.45, 7) is -0.612. The first-order valence-electron chi connectivity index (χ1n) is 6.66. The molecule has 7 heteroatoms. The number of carbonyl (C=O) groups is 2. The van der Waals surface area contributed by atoms with Crippen molar-refractivity contribution in [3.63, 3.8) is 0 Å². The van der Waals surface area contributed by atoms with E-state index in [9.17, 15) is 9.59 Å². The average molecular weight is 336 g/mol. The Hall–Kier alpha value is -2.73. The largest absolute Gasteiger partial charge is 0.484 e. The number of hydrogen-bond donors (Lipinski definition) is 2. The van der Waals surface area contributed by atoms with E-state index in [0.29, 0.717) is 22.2 Å². The van der Waals surface area contributed by atoms with Gasteiger partial charge in [-0.05, 0) is 36.4 Å². The van der Waals surface area contributed by atoms with E-state index in [1.807, 2.05) is 0 Å². The lowest BCUT2D eigenvalue weighted by atomic mass is 10.3. The van der Waals surface area contributed by atoms with Crippen molar-refractivity contribution in [3.8, 4) is 11.5 Å². The Morgan fingerprint density at radius 3 is 2.39 bits per heavy atom. The number of aliphatic carboxylic acids is 1. The second kappa shape index (κ2) is 8.05. The number of halogens is 1. The second-order valence-electron chi connectivity index (χ2n) is 4.50. The van der Waals surface area contributed by atoms with Crippen LogP contribution < -0.4 is 14.8 Å². The number of ether oxygens (including phenoxy) is 2. The number of rotatable bonds is 7. The summed E-state index contributed by atoms with van der Waals surface area (Å²) in [6.07, 6.45) is 0. The molecule has 6 nitrogen and oxygen atoms in total. The highest BCUT2D eigenvalue weighted by Gasteiger charge is 2.06. The fourth-order valence-corrected chi connectivity index (χ4v) is 1.81. The van der Waals surface area contributed by atoms with Crippen LogP contribution in [0, 0.1) is 0 Å². The molecule has 0 heterocycles. The molecule has 0 radical (unpaired) electrons. The van der Waals surface area contributed by atoms with Crippen LogP contribution in [0.15, 0.2) is 48.5 Å². The summed E-state index contributed by atoms with van der Waals surface area (Å²) >= 11 is 5.76. The first-order chi connectivity index (χ1) is 11.0. The Morgan fingerprint density at radius 2 is 1.70 bits per heavy atom. The number of benzene rings is 2. The molecule has 2 aromatic carbocycles. The van der Waals surface area contributed by atoms with Crippen molar-refractivity contribution in [3.05, 3.63) is 53.6 Å². The fourth-order valence-electron chi connectivity index (χ4n) is 1.69. The van der Waals surface area contributed by atoms with Crippen molar-refractivity contribution in [1.82, 2.24) is 0 Å². The summed E-state index contributed by atoms with van der Waals surface area (Å²) in [5.74, 6) is -0.543. The number of hydrogen-bond acceptors (Lipinski definition) is 4. The molecule has 0 spiro atoms. The molecule has 2 rings (SSSR count). The molecule has 0 aliphatic carbocycles. The molecule has 0 aliphatic rings. The third-order valence-corrected chi connectivity index (χ3v) is 2.92. The summed E-state index contributed by atoms with van der Waals surface area (Å²) in [5.41, 5.74) is 0.484. The van der Waals surface area contributed by atoms with Gasteiger partial charge in [-0.2, -0.15) is 0 Å². The Balaban J connectivity index is 1.86. The molecule has 0 saturated heterocycles. The molecular weight excluding hydrogens is 322 g/mol. The number of carboxylic acids is 1. The lowest BCUT2D eigenvalue weighted by Crippen LogP contribution is -2.20. The van der Waals surface area contributed by atoms with Gasteiger partial charge in [-0.25, -0.2) is 4.79 Å². The van der Waals surface area contributed by atoms with Gasteiger partial charge >= 0.3 is 5.97 Å². The molecule has 23 heavy (non-hydrogen) atoms. The normalized spacial score (nSPS) is 9.96. The standard InChI is InChI=1S/C16H14ClNO5/c17-11-4-6-13(7-5-11)22-9-15(19)18-12-2-1-3-14(8-12)23-10-16(20)21/h1-8H,9-10H2,(H,18,19)(H,20,21). The van der Waals surface area contributed by atoms with E-state index in [-0.39, 0.29) is 12.5 Å². The van der Waals surface area contributed by atoms with Gasteiger partial charge in [-0.3, -0.25) is 4.79 Å². The van der Waals surface area contributed by atoms with E-state index < -0.39 is 12.6 Å². The maximum Gasteiger partial charge on any atom is 0.341 e. The number of carboxylic acid groups (broad SMARTS) is 1. The van der Waals surface area contributed by atoms with Crippen LogP contribution in [-0.2, 0) is 9.59 Å². The topological polar surface area (TPSA) is 84.9 Å². The first-order valence-corrected chi connectivity index (χ1v) is 7.03. The maximum atomic E-state index is 11.8. The third-order valence-electron chi connectivity index (χ3n) is 2.66. The van der Waals surface area contributed by atoms with Gasteiger partial charge in [0.2, 0.25) is 0 Å². The van der Waals surface area contributed by atoms with Crippen molar-refractivity contribution in [2.45, 2.75) is 0 Å². The van der Waals surface area contributed by atoms with Gasteiger partial charge in [-0.15, -0.1) is 0 Å². The van der Waals surface area contributed by atoms with Gasteiger partial charge in [-0.1, -0.05) is 17.7 Å².